The number of aliphatic hydroxyl groups is 2. The summed E-state index contributed by atoms with van der Waals surface area (Å²) in [6.07, 6.45) is 3.93. The first-order chi connectivity index (χ1) is 13.8. The Morgan fingerprint density at radius 3 is 1.69 bits per heavy atom. The van der Waals surface area contributed by atoms with Crippen molar-refractivity contribution in [3.8, 4) is 0 Å². The van der Waals surface area contributed by atoms with Crippen LogP contribution in [0.2, 0.25) is 0 Å². The number of unbranched alkanes of at least 4 members (excludes halogenated alkanes) is 6. The topological polar surface area (TPSA) is 119 Å². The summed E-state index contributed by atoms with van der Waals surface area (Å²) in [5.74, 6) is -3.31. The van der Waals surface area contributed by atoms with E-state index in [0.29, 0.717) is 19.3 Å². The molecular formula is C21H38O8. The molecule has 0 radical (unpaired) electrons. The molecule has 0 aromatic carbocycles. The van der Waals surface area contributed by atoms with Crippen molar-refractivity contribution in [1.82, 2.24) is 0 Å². The number of hydrogen-bond acceptors (Lipinski definition) is 8. The molecular weight excluding hydrogens is 380 g/mol. The Hall–Kier alpha value is -1.67. The summed E-state index contributed by atoms with van der Waals surface area (Å²) in [6.45, 7) is 6.15. The van der Waals surface area contributed by atoms with Gasteiger partial charge in [0.05, 0.1) is 26.2 Å². The van der Waals surface area contributed by atoms with Gasteiger partial charge in [-0.25, -0.2) is 9.59 Å². The second-order valence-electron chi connectivity index (χ2n) is 7.15. The quantitative estimate of drug-likeness (QED) is 0.210. The fourth-order valence-corrected chi connectivity index (χ4v) is 2.53. The molecule has 0 fully saturated rings. The predicted octanol–water partition coefficient (Wildman–Crippen LogP) is 2.67. The van der Waals surface area contributed by atoms with Gasteiger partial charge in [-0.3, -0.25) is 4.79 Å². The summed E-state index contributed by atoms with van der Waals surface area (Å²) >= 11 is 0. The second-order valence-corrected chi connectivity index (χ2v) is 7.15. The minimum absolute atomic E-state index is 0.0127. The van der Waals surface area contributed by atoms with Gasteiger partial charge in [-0.05, 0) is 19.3 Å². The highest BCUT2D eigenvalue weighted by Gasteiger charge is 2.51. The van der Waals surface area contributed by atoms with E-state index >= 15 is 0 Å². The largest absolute Gasteiger partial charge is 0.466 e. The number of esters is 3. The van der Waals surface area contributed by atoms with Gasteiger partial charge in [0.2, 0.25) is 5.60 Å². The van der Waals surface area contributed by atoms with E-state index in [1.807, 2.05) is 20.8 Å². The molecule has 8 heteroatoms. The first kappa shape index (κ1) is 27.3. The number of carbonyl (C=O) groups is 3. The maximum absolute atomic E-state index is 12.4. The molecule has 2 atom stereocenters. The molecule has 0 saturated carbocycles. The minimum atomic E-state index is -2.75. The summed E-state index contributed by atoms with van der Waals surface area (Å²) in [6, 6.07) is 0. The summed E-state index contributed by atoms with van der Waals surface area (Å²) in [5, 5.41) is 21.0. The van der Waals surface area contributed by atoms with Crippen molar-refractivity contribution in [1.29, 1.82) is 0 Å². The molecule has 0 bridgehead atoms. The van der Waals surface area contributed by atoms with Gasteiger partial charge in [0, 0.05) is 0 Å². The average molecular weight is 419 g/mol. The van der Waals surface area contributed by atoms with Gasteiger partial charge in [-0.2, -0.15) is 0 Å². The highest BCUT2D eigenvalue weighted by molar-refractivity contribution is 5.92. The average Bonchev–Trinajstić information content (AvgIpc) is 2.70. The molecule has 0 aromatic rings. The van der Waals surface area contributed by atoms with E-state index in [-0.39, 0.29) is 19.8 Å². The summed E-state index contributed by atoms with van der Waals surface area (Å²) < 4.78 is 14.9. The van der Waals surface area contributed by atoms with Crippen molar-refractivity contribution >= 4 is 17.9 Å². The lowest BCUT2D eigenvalue weighted by Crippen LogP contribution is -2.56. The maximum atomic E-state index is 12.4. The van der Waals surface area contributed by atoms with Crippen LogP contribution in [-0.2, 0) is 28.6 Å². The van der Waals surface area contributed by atoms with Crippen molar-refractivity contribution in [2.45, 2.75) is 96.7 Å². The van der Waals surface area contributed by atoms with Gasteiger partial charge in [0.15, 0.2) is 6.10 Å². The lowest BCUT2D eigenvalue weighted by molar-refractivity contribution is -0.195. The normalized spacial score (nSPS) is 14.0. The molecule has 0 saturated heterocycles. The third-order valence-electron chi connectivity index (χ3n) is 4.43. The highest BCUT2D eigenvalue weighted by Crippen LogP contribution is 2.21. The second kappa shape index (κ2) is 16.2. The molecule has 0 aliphatic rings. The minimum Gasteiger partial charge on any atom is -0.466 e. The summed E-state index contributed by atoms with van der Waals surface area (Å²) in [4.78, 5) is 36.6. The van der Waals surface area contributed by atoms with Crippen LogP contribution in [-0.4, -0.2) is 59.6 Å². The van der Waals surface area contributed by atoms with E-state index in [4.69, 9.17) is 14.2 Å². The first-order valence-electron chi connectivity index (χ1n) is 10.7. The molecule has 0 aliphatic carbocycles. The van der Waals surface area contributed by atoms with Crippen molar-refractivity contribution in [3.63, 3.8) is 0 Å². The van der Waals surface area contributed by atoms with Crippen LogP contribution in [0.25, 0.3) is 0 Å². The van der Waals surface area contributed by atoms with Gasteiger partial charge >= 0.3 is 17.9 Å². The number of ether oxygens (including phenoxy) is 3. The van der Waals surface area contributed by atoms with Gasteiger partial charge in [0.1, 0.15) is 0 Å². The molecule has 0 amide bonds. The molecule has 8 nitrogen and oxygen atoms in total. The van der Waals surface area contributed by atoms with Crippen molar-refractivity contribution < 1.29 is 38.8 Å². The van der Waals surface area contributed by atoms with Crippen LogP contribution in [0.4, 0.5) is 0 Å². The Morgan fingerprint density at radius 2 is 1.21 bits per heavy atom. The Bertz CT molecular complexity index is 479. The van der Waals surface area contributed by atoms with Crippen LogP contribution in [0.1, 0.15) is 85.0 Å². The van der Waals surface area contributed by atoms with Gasteiger partial charge in [0.25, 0.3) is 0 Å². The molecule has 0 spiro atoms. The van der Waals surface area contributed by atoms with Crippen molar-refractivity contribution in [2.75, 3.05) is 19.8 Å². The third kappa shape index (κ3) is 11.2. The lowest BCUT2D eigenvalue weighted by Gasteiger charge is -2.28. The first-order valence-corrected chi connectivity index (χ1v) is 10.7. The summed E-state index contributed by atoms with van der Waals surface area (Å²) in [5.41, 5.74) is -2.75. The van der Waals surface area contributed by atoms with Gasteiger partial charge < -0.3 is 24.4 Å². The Kier molecular flexibility index (Phi) is 15.2. The zero-order chi connectivity index (χ0) is 22.1. The molecule has 0 aromatic heterocycles. The summed E-state index contributed by atoms with van der Waals surface area (Å²) in [7, 11) is 0. The van der Waals surface area contributed by atoms with Crippen LogP contribution in [0.3, 0.4) is 0 Å². The van der Waals surface area contributed by atoms with E-state index < -0.39 is 36.0 Å². The molecule has 0 rings (SSSR count). The third-order valence-corrected chi connectivity index (χ3v) is 4.43. The van der Waals surface area contributed by atoms with Crippen molar-refractivity contribution in [3.05, 3.63) is 0 Å². The highest BCUT2D eigenvalue weighted by atomic mass is 16.6. The molecule has 2 N–H and O–H groups in total. The fourth-order valence-electron chi connectivity index (χ4n) is 2.53. The zero-order valence-corrected chi connectivity index (χ0v) is 18.1. The van der Waals surface area contributed by atoms with Crippen molar-refractivity contribution in [2.24, 2.45) is 0 Å². The van der Waals surface area contributed by atoms with Crippen LogP contribution < -0.4 is 0 Å². The number of hydrogen-bond donors (Lipinski definition) is 2. The van der Waals surface area contributed by atoms with E-state index in [0.717, 1.165) is 38.5 Å². The number of rotatable bonds is 17. The zero-order valence-electron chi connectivity index (χ0n) is 18.1. The molecule has 0 aliphatic heterocycles. The lowest BCUT2D eigenvalue weighted by atomic mass is 9.92. The number of aliphatic hydroxyl groups excluding tert-OH is 1. The van der Waals surface area contributed by atoms with Crippen LogP contribution >= 0.6 is 0 Å². The van der Waals surface area contributed by atoms with E-state index in [1.165, 1.54) is 0 Å². The monoisotopic (exact) mass is 418 g/mol. The molecule has 29 heavy (non-hydrogen) atoms. The van der Waals surface area contributed by atoms with Gasteiger partial charge in [-0.1, -0.05) is 59.3 Å². The number of carbonyl (C=O) groups excluding carboxylic acids is 3. The van der Waals surface area contributed by atoms with E-state index in [1.54, 1.807) is 0 Å². The molecule has 2 unspecified atom stereocenters. The SMILES string of the molecule is CCCCCOC(=O)CC(O)(C(=O)OCCCCC)C(O)C(=O)OCCCCC. The Balaban J connectivity index is 5.02. The van der Waals surface area contributed by atoms with Gasteiger partial charge in [-0.15, -0.1) is 0 Å². The predicted molar refractivity (Wildman–Crippen MR) is 107 cm³/mol. The fraction of sp³-hybridized carbons (Fsp3) is 0.857. The molecule has 170 valence electrons. The van der Waals surface area contributed by atoms with E-state index in [2.05, 4.69) is 0 Å². The van der Waals surface area contributed by atoms with Crippen LogP contribution in [0, 0.1) is 0 Å². The van der Waals surface area contributed by atoms with Crippen LogP contribution in [0.15, 0.2) is 0 Å². The molecule has 0 heterocycles. The Labute approximate surface area is 173 Å². The van der Waals surface area contributed by atoms with E-state index in [9.17, 15) is 24.6 Å². The van der Waals surface area contributed by atoms with Crippen LogP contribution in [0.5, 0.6) is 0 Å². The Morgan fingerprint density at radius 1 is 0.759 bits per heavy atom. The maximum Gasteiger partial charge on any atom is 0.342 e. The standard InChI is InChI=1S/C21H38O8/c1-4-7-10-13-27-17(22)16-21(26,20(25)29-15-12-9-6-3)18(23)19(24)28-14-11-8-5-2/h18,23,26H,4-16H2,1-3H3. The smallest absolute Gasteiger partial charge is 0.342 e.